The second-order valence-corrected chi connectivity index (χ2v) is 8.41. The predicted molar refractivity (Wildman–Crippen MR) is 145 cm³/mol. The molecule has 0 fully saturated rings. The summed E-state index contributed by atoms with van der Waals surface area (Å²) in [4.78, 5) is 29.1. The number of rotatable bonds is 8. The summed E-state index contributed by atoms with van der Waals surface area (Å²) in [6.45, 7) is 3.57. The zero-order valence-corrected chi connectivity index (χ0v) is 20.7. The minimum atomic E-state index is -0.612. The molecule has 0 amide bonds. The molecule has 0 aliphatic carbocycles. The van der Waals surface area contributed by atoms with E-state index in [1.807, 2.05) is 0 Å². The van der Waals surface area contributed by atoms with Gasteiger partial charge < -0.3 is 13.9 Å². The lowest BCUT2D eigenvalue weighted by Gasteiger charge is -2.09. The van der Waals surface area contributed by atoms with Crippen molar-refractivity contribution >= 4 is 45.4 Å². The van der Waals surface area contributed by atoms with E-state index < -0.39 is 10.5 Å². The van der Waals surface area contributed by atoms with Crippen molar-refractivity contribution in [1.29, 1.82) is 0 Å². The Balaban J connectivity index is 1.68. The molecule has 2 aromatic heterocycles. The largest absolute Gasteiger partial charge is 0.496 e. The molecule has 0 aliphatic heterocycles. The topological polar surface area (TPSA) is 122 Å². The van der Waals surface area contributed by atoms with Crippen molar-refractivity contribution in [2.45, 2.75) is 0 Å². The van der Waals surface area contributed by atoms with Gasteiger partial charge in [-0.2, -0.15) is 9.78 Å². The number of ether oxygens (including phenoxy) is 2. The number of nitrogens with zero attached hydrogens (tertiary/aromatic N) is 4. The van der Waals surface area contributed by atoms with Crippen LogP contribution in [0.5, 0.6) is 11.5 Å². The first-order valence-corrected chi connectivity index (χ1v) is 11.6. The molecule has 0 atom stereocenters. The minimum Gasteiger partial charge on any atom is -0.496 e. The van der Waals surface area contributed by atoms with Gasteiger partial charge >= 0.3 is 5.69 Å². The van der Waals surface area contributed by atoms with Crippen LogP contribution in [0.25, 0.3) is 33.5 Å². The first kappa shape index (κ1) is 24.7. The summed E-state index contributed by atoms with van der Waals surface area (Å²) in [5.41, 5.74) is 0.448. The number of furan rings is 1. The molecule has 0 spiro atoms. The van der Waals surface area contributed by atoms with Gasteiger partial charge in [0.15, 0.2) is 5.76 Å². The van der Waals surface area contributed by atoms with E-state index in [1.54, 1.807) is 55.6 Å². The van der Waals surface area contributed by atoms with Crippen molar-refractivity contribution in [1.82, 2.24) is 9.66 Å². The van der Waals surface area contributed by atoms with Crippen LogP contribution in [-0.4, -0.2) is 34.5 Å². The van der Waals surface area contributed by atoms with Crippen molar-refractivity contribution in [2.24, 2.45) is 5.10 Å². The van der Waals surface area contributed by atoms with Gasteiger partial charge in [-0.15, -0.1) is 0 Å². The van der Waals surface area contributed by atoms with Gasteiger partial charge in [0.2, 0.25) is 11.6 Å². The van der Waals surface area contributed by atoms with Gasteiger partial charge in [-0.25, -0.2) is 4.98 Å². The number of aromatic nitrogens is 2. The van der Waals surface area contributed by atoms with E-state index in [0.29, 0.717) is 27.6 Å². The Bertz CT molecular complexity index is 1810. The molecular weight excluding hydrogens is 512 g/mol. The van der Waals surface area contributed by atoms with E-state index in [1.165, 1.54) is 24.4 Å². The summed E-state index contributed by atoms with van der Waals surface area (Å²) in [5, 5.41) is 17.0. The maximum atomic E-state index is 13.5. The summed E-state index contributed by atoms with van der Waals surface area (Å²) in [6.07, 6.45) is 2.73. The molecule has 0 saturated carbocycles. The first-order chi connectivity index (χ1) is 18.4. The standard InChI is InChI=1S/C27H19ClN4O6/c1-3-11-37-25-19(28)12-16(13-21(25)32(34)35)15-29-31-26(30-20-8-5-4-7-17(20)27(31)33)24-14-18-22(36-2)9-6-10-23(18)38-24/h3-10,12-15H,1,11H2,2H3. The number of nitro benzene ring substituents is 1. The molecule has 0 saturated heterocycles. The fourth-order valence-corrected chi connectivity index (χ4v) is 4.21. The molecule has 38 heavy (non-hydrogen) atoms. The molecule has 10 nitrogen and oxygen atoms in total. The van der Waals surface area contributed by atoms with Crippen LogP contribution in [-0.2, 0) is 0 Å². The van der Waals surface area contributed by atoms with E-state index in [4.69, 9.17) is 25.5 Å². The van der Waals surface area contributed by atoms with Crippen LogP contribution in [0.4, 0.5) is 5.69 Å². The molecule has 0 bridgehead atoms. The molecule has 0 unspecified atom stereocenters. The Kier molecular flexibility index (Phi) is 6.63. The summed E-state index contributed by atoms with van der Waals surface area (Å²) in [7, 11) is 1.55. The third-order valence-electron chi connectivity index (χ3n) is 5.63. The van der Waals surface area contributed by atoms with E-state index >= 15 is 0 Å². The van der Waals surface area contributed by atoms with E-state index in [2.05, 4.69) is 16.7 Å². The summed E-state index contributed by atoms with van der Waals surface area (Å²) in [5.74, 6) is 0.919. The van der Waals surface area contributed by atoms with Gasteiger partial charge in [0.05, 0.1) is 39.6 Å². The van der Waals surface area contributed by atoms with Gasteiger partial charge in [0.1, 0.15) is 17.9 Å². The van der Waals surface area contributed by atoms with Crippen molar-refractivity contribution in [3.63, 3.8) is 0 Å². The average molecular weight is 531 g/mol. The van der Waals surface area contributed by atoms with Gasteiger partial charge in [0, 0.05) is 11.6 Å². The second-order valence-electron chi connectivity index (χ2n) is 8.00. The number of fused-ring (bicyclic) bond motifs is 2. The van der Waals surface area contributed by atoms with E-state index in [0.717, 1.165) is 4.68 Å². The van der Waals surface area contributed by atoms with Crippen LogP contribution < -0.4 is 15.0 Å². The lowest BCUT2D eigenvalue weighted by molar-refractivity contribution is -0.385. The molecule has 0 aliphatic rings. The normalized spacial score (nSPS) is 11.3. The van der Waals surface area contributed by atoms with Gasteiger partial charge in [-0.1, -0.05) is 42.5 Å². The Labute approximate surface area is 220 Å². The molecular formula is C27H19ClN4O6. The predicted octanol–water partition coefficient (Wildman–Crippen LogP) is 5.83. The highest BCUT2D eigenvalue weighted by Crippen LogP contribution is 2.36. The van der Waals surface area contributed by atoms with Crippen molar-refractivity contribution in [3.8, 4) is 23.1 Å². The fraction of sp³-hybridized carbons (Fsp3) is 0.0741. The Morgan fingerprint density at radius 1 is 1.18 bits per heavy atom. The van der Waals surface area contributed by atoms with Gasteiger partial charge in [0.25, 0.3) is 5.56 Å². The van der Waals surface area contributed by atoms with Crippen molar-refractivity contribution in [3.05, 3.63) is 104 Å². The van der Waals surface area contributed by atoms with Crippen LogP contribution in [0.15, 0.2) is 87.6 Å². The quantitative estimate of drug-likeness (QED) is 0.107. The van der Waals surface area contributed by atoms with Crippen LogP contribution in [0.1, 0.15) is 5.56 Å². The molecule has 5 aromatic rings. The van der Waals surface area contributed by atoms with Gasteiger partial charge in [-0.05, 0) is 36.4 Å². The molecule has 11 heteroatoms. The lowest BCUT2D eigenvalue weighted by atomic mass is 10.2. The zero-order chi connectivity index (χ0) is 26.8. The molecule has 5 rings (SSSR count). The third-order valence-corrected chi connectivity index (χ3v) is 5.91. The number of benzene rings is 3. The van der Waals surface area contributed by atoms with Crippen molar-refractivity contribution in [2.75, 3.05) is 13.7 Å². The molecule has 190 valence electrons. The molecule has 3 aromatic carbocycles. The van der Waals surface area contributed by atoms with Crippen LogP contribution in [0.3, 0.4) is 0 Å². The SMILES string of the molecule is C=CCOc1c(Cl)cc(C=Nn2c(-c3cc4c(OC)cccc4o3)nc3ccccc3c2=O)cc1[N+](=O)[O-]. The number of hydrogen-bond donors (Lipinski definition) is 0. The molecule has 0 N–H and O–H groups in total. The van der Waals surface area contributed by atoms with Crippen LogP contribution in [0, 0.1) is 10.1 Å². The highest BCUT2D eigenvalue weighted by atomic mass is 35.5. The first-order valence-electron chi connectivity index (χ1n) is 11.3. The monoisotopic (exact) mass is 530 g/mol. The second kappa shape index (κ2) is 10.2. The average Bonchev–Trinajstić information content (AvgIpc) is 3.36. The van der Waals surface area contributed by atoms with Gasteiger partial charge in [-0.3, -0.25) is 14.9 Å². The number of hydrogen-bond acceptors (Lipinski definition) is 8. The minimum absolute atomic E-state index is 0.0103. The number of nitro groups is 1. The van der Waals surface area contributed by atoms with Crippen LogP contribution in [0.2, 0.25) is 5.02 Å². The highest BCUT2D eigenvalue weighted by Gasteiger charge is 2.21. The maximum absolute atomic E-state index is 13.5. The fourth-order valence-electron chi connectivity index (χ4n) is 3.93. The smallest absolute Gasteiger partial charge is 0.313 e. The van der Waals surface area contributed by atoms with E-state index in [9.17, 15) is 14.9 Å². The third kappa shape index (κ3) is 4.48. The zero-order valence-electron chi connectivity index (χ0n) is 20.0. The number of methoxy groups -OCH3 is 1. The maximum Gasteiger partial charge on any atom is 0.313 e. The summed E-state index contributed by atoms with van der Waals surface area (Å²) < 4.78 is 17.9. The number of para-hydroxylation sites is 1. The Morgan fingerprint density at radius 2 is 2.00 bits per heavy atom. The van der Waals surface area contributed by atoms with Crippen molar-refractivity contribution < 1.29 is 18.8 Å². The van der Waals surface area contributed by atoms with Crippen LogP contribution >= 0.6 is 11.6 Å². The highest BCUT2D eigenvalue weighted by molar-refractivity contribution is 6.32. The molecule has 2 heterocycles. The number of halogens is 1. The Morgan fingerprint density at radius 3 is 2.76 bits per heavy atom. The molecule has 0 radical (unpaired) electrons. The summed E-state index contributed by atoms with van der Waals surface area (Å²) in [6, 6.07) is 16.6. The van der Waals surface area contributed by atoms with E-state index in [-0.39, 0.29) is 40.2 Å². The summed E-state index contributed by atoms with van der Waals surface area (Å²) >= 11 is 6.27. The lowest BCUT2D eigenvalue weighted by Crippen LogP contribution is -2.20. The Hall–Kier alpha value is -4.96.